The minimum atomic E-state index is -0.413. The van der Waals surface area contributed by atoms with Crippen LogP contribution in [0.3, 0.4) is 0 Å². The van der Waals surface area contributed by atoms with Crippen LogP contribution in [0, 0.1) is 0 Å². The Bertz CT molecular complexity index is 674. The molecule has 0 bridgehead atoms. The number of amides is 2. The van der Waals surface area contributed by atoms with Gasteiger partial charge in [0.15, 0.2) is 5.82 Å². The van der Waals surface area contributed by atoms with Gasteiger partial charge in [-0.2, -0.15) is 0 Å². The maximum Gasteiger partial charge on any atom is 0.314 e. The first-order chi connectivity index (χ1) is 12.0. The summed E-state index contributed by atoms with van der Waals surface area (Å²) in [5.74, 6) is 0.385. The van der Waals surface area contributed by atoms with E-state index < -0.39 is 5.91 Å². The Labute approximate surface area is 147 Å². The van der Waals surface area contributed by atoms with Crippen molar-refractivity contribution < 1.29 is 14.4 Å². The normalized spacial score (nSPS) is 20.8. The highest BCUT2D eigenvalue weighted by Crippen LogP contribution is 2.39. The van der Waals surface area contributed by atoms with Gasteiger partial charge < -0.3 is 9.80 Å². The van der Waals surface area contributed by atoms with Gasteiger partial charge in [0, 0.05) is 20.1 Å². The molecule has 2 heterocycles. The zero-order chi connectivity index (χ0) is 18.1. The van der Waals surface area contributed by atoms with E-state index in [1.54, 1.807) is 18.1 Å². The van der Waals surface area contributed by atoms with Crippen molar-refractivity contribution in [3.8, 4) is 0 Å². The summed E-state index contributed by atoms with van der Waals surface area (Å²) in [4.78, 5) is 42.5. The molecule has 1 aliphatic carbocycles. The van der Waals surface area contributed by atoms with Crippen LogP contribution < -0.4 is 9.80 Å². The maximum absolute atomic E-state index is 12.8. The summed E-state index contributed by atoms with van der Waals surface area (Å²) >= 11 is 0. The molecular formula is C17H25N5O3. The highest BCUT2D eigenvalue weighted by molar-refractivity contribution is 6.04. The van der Waals surface area contributed by atoms with Gasteiger partial charge >= 0.3 is 5.91 Å². The van der Waals surface area contributed by atoms with Gasteiger partial charge in [0.2, 0.25) is 11.7 Å². The quantitative estimate of drug-likeness (QED) is 0.770. The molecule has 25 heavy (non-hydrogen) atoms. The molecule has 2 aliphatic rings. The molecule has 1 fully saturated rings. The number of hydrogen-bond donors (Lipinski definition) is 0. The van der Waals surface area contributed by atoms with E-state index in [-0.39, 0.29) is 23.8 Å². The molecule has 1 aliphatic heterocycles. The standard InChI is InChI=1S/C17H25N5O3/c1-5-12-16(23)20(2)13-10-18-14(17(24)21(3)25-4)19-15(13)22(12)11-8-6-7-9-11/h10-12H,5-9H2,1-4H3. The number of likely N-dealkylation sites (N-methyl/N-ethyl adjacent to an activating group) is 1. The predicted octanol–water partition coefficient (Wildman–Crippen LogP) is 1.61. The number of hydroxylamine groups is 2. The van der Waals surface area contributed by atoms with Gasteiger partial charge in [0.05, 0.1) is 13.3 Å². The smallest absolute Gasteiger partial charge is 0.314 e. The van der Waals surface area contributed by atoms with Gasteiger partial charge in [-0.05, 0) is 19.3 Å². The van der Waals surface area contributed by atoms with Crippen molar-refractivity contribution in [2.75, 3.05) is 31.0 Å². The number of nitrogens with zero attached hydrogens (tertiary/aromatic N) is 5. The lowest BCUT2D eigenvalue weighted by atomic mass is 10.0. The SMILES string of the molecule is CCC1C(=O)N(C)c2cnc(C(=O)N(C)OC)nc2N1C1CCCC1. The minimum Gasteiger partial charge on any atom is -0.340 e. The van der Waals surface area contributed by atoms with Crippen LogP contribution in [0.25, 0.3) is 0 Å². The Morgan fingerprint density at radius 2 is 2.08 bits per heavy atom. The Morgan fingerprint density at radius 1 is 1.40 bits per heavy atom. The molecule has 0 aromatic carbocycles. The van der Waals surface area contributed by atoms with Gasteiger partial charge in [0.25, 0.3) is 0 Å². The molecule has 1 atom stereocenters. The second-order valence-electron chi connectivity index (χ2n) is 6.55. The van der Waals surface area contributed by atoms with E-state index in [0.29, 0.717) is 17.9 Å². The summed E-state index contributed by atoms with van der Waals surface area (Å²) in [5, 5.41) is 1.09. The highest BCUT2D eigenvalue weighted by Gasteiger charge is 2.41. The summed E-state index contributed by atoms with van der Waals surface area (Å²) in [6.45, 7) is 2.01. The summed E-state index contributed by atoms with van der Waals surface area (Å²) in [6, 6.07) is 0.0259. The number of carbonyl (C=O) groups excluding carboxylic acids is 2. The Balaban J connectivity index is 2.08. The van der Waals surface area contributed by atoms with Gasteiger partial charge in [-0.3, -0.25) is 14.4 Å². The molecule has 1 unspecified atom stereocenters. The third-order valence-corrected chi connectivity index (χ3v) is 5.16. The largest absolute Gasteiger partial charge is 0.340 e. The van der Waals surface area contributed by atoms with Crippen LogP contribution >= 0.6 is 0 Å². The molecule has 2 amide bonds. The van der Waals surface area contributed by atoms with Crippen molar-refractivity contribution in [2.45, 2.75) is 51.1 Å². The molecule has 8 heteroatoms. The van der Waals surface area contributed by atoms with E-state index in [1.807, 2.05) is 6.92 Å². The zero-order valence-electron chi connectivity index (χ0n) is 15.2. The second kappa shape index (κ2) is 6.95. The summed E-state index contributed by atoms with van der Waals surface area (Å²) in [5.41, 5.74) is 0.651. The van der Waals surface area contributed by atoms with Gasteiger partial charge in [-0.25, -0.2) is 15.0 Å². The van der Waals surface area contributed by atoms with Crippen LogP contribution in [0.2, 0.25) is 0 Å². The zero-order valence-corrected chi connectivity index (χ0v) is 15.2. The molecule has 136 valence electrons. The fraction of sp³-hybridized carbons (Fsp3) is 0.647. The first kappa shape index (κ1) is 17.6. The molecular weight excluding hydrogens is 322 g/mol. The van der Waals surface area contributed by atoms with Crippen LogP contribution in [-0.4, -0.2) is 60.1 Å². The maximum atomic E-state index is 12.8. The lowest BCUT2D eigenvalue weighted by molar-refractivity contribution is -0.120. The third kappa shape index (κ3) is 2.95. The number of fused-ring (bicyclic) bond motifs is 1. The molecule has 3 rings (SSSR count). The first-order valence-corrected chi connectivity index (χ1v) is 8.74. The van der Waals surface area contributed by atoms with Crippen molar-refractivity contribution in [1.29, 1.82) is 0 Å². The summed E-state index contributed by atoms with van der Waals surface area (Å²) < 4.78 is 0. The number of hydrogen-bond acceptors (Lipinski definition) is 6. The molecule has 1 aromatic heterocycles. The predicted molar refractivity (Wildman–Crippen MR) is 93.4 cm³/mol. The third-order valence-electron chi connectivity index (χ3n) is 5.16. The van der Waals surface area contributed by atoms with Crippen LogP contribution in [0.1, 0.15) is 49.6 Å². The van der Waals surface area contributed by atoms with Crippen molar-refractivity contribution in [3.05, 3.63) is 12.0 Å². The molecule has 1 saturated carbocycles. The highest BCUT2D eigenvalue weighted by atomic mass is 16.7. The van der Waals surface area contributed by atoms with Gasteiger partial charge in [0.1, 0.15) is 11.7 Å². The Hall–Kier alpha value is -2.22. The van der Waals surface area contributed by atoms with Crippen LogP contribution in [-0.2, 0) is 9.63 Å². The van der Waals surface area contributed by atoms with E-state index in [9.17, 15) is 9.59 Å². The average Bonchev–Trinajstić information content (AvgIpc) is 3.16. The van der Waals surface area contributed by atoms with Crippen molar-refractivity contribution in [3.63, 3.8) is 0 Å². The first-order valence-electron chi connectivity index (χ1n) is 8.74. The van der Waals surface area contributed by atoms with E-state index in [2.05, 4.69) is 14.9 Å². The number of carbonyl (C=O) groups is 2. The number of anilines is 2. The Kier molecular flexibility index (Phi) is 4.89. The van der Waals surface area contributed by atoms with E-state index in [1.165, 1.54) is 14.2 Å². The molecule has 0 N–H and O–H groups in total. The molecule has 0 spiro atoms. The average molecular weight is 347 g/mol. The second-order valence-corrected chi connectivity index (χ2v) is 6.55. The molecule has 8 nitrogen and oxygen atoms in total. The number of rotatable bonds is 4. The fourth-order valence-corrected chi connectivity index (χ4v) is 3.71. The van der Waals surface area contributed by atoms with E-state index in [4.69, 9.17) is 4.84 Å². The van der Waals surface area contributed by atoms with Crippen LogP contribution in [0.5, 0.6) is 0 Å². The van der Waals surface area contributed by atoms with E-state index >= 15 is 0 Å². The van der Waals surface area contributed by atoms with Crippen LogP contribution in [0.15, 0.2) is 6.20 Å². The Morgan fingerprint density at radius 3 is 2.68 bits per heavy atom. The van der Waals surface area contributed by atoms with Gasteiger partial charge in [-0.15, -0.1) is 0 Å². The van der Waals surface area contributed by atoms with Crippen molar-refractivity contribution >= 4 is 23.3 Å². The van der Waals surface area contributed by atoms with Crippen molar-refractivity contribution in [2.24, 2.45) is 0 Å². The lowest BCUT2D eigenvalue weighted by Gasteiger charge is -2.43. The monoisotopic (exact) mass is 347 g/mol. The van der Waals surface area contributed by atoms with E-state index in [0.717, 1.165) is 30.7 Å². The lowest BCUT2D eigenvalue weighted by Crippen LogP contribution is -2.55. The van der Waals surface area contributed by atoms with Crippen molar-refractivity contribution in [1.82, 2.24) is 15.0 Å². The number of aromatic nitrogens is 2. The summed E-state index contributed by atoms with van der Waals surface area (Å²) in [7, 11) is 4.67. The summed E-state index contributed by atoms with van der Waals surface area (Å²) in [6.07, 6.45) is 6.64. The van der Waals surface area contributed by atoms with Crippen LogP contribution in [0.4, 0.5) is 11.5 Å². The fourth-order valence-electron chi connectivity index (χ4n) is 3.71. The molecule has 0 radical (unpaired) electrons. The van der Waals surface area contributed by atoms with Gasteiger partial charge in [-0.1, -0.05) is 19.8 Å². The topological polar surface area (TPSA) is 78.9 Å². The minimum absolute atomic E-state index is 0.0542. The molecule has 0 saturated heterocycles. The molecule has 1 aromatic rings.